The van der Waals surface area contributed by atoms with Gasteiger partial charge in [0.15, 0.2) is 0 Å². The first-order valence-electron chi connectivity index (χ1n) is 0. The van der Waals surface area contributed by atoms with Gasteiger partial charge in [0.1, 0.15) is 0 Å². The van der Waals surface area contributed by atoms with Crippen LogP contribution in [0.5, 0.6) is 0 Å². The van der Waals surface area contributed by atoms with Crippen molar-refractivity contribution in [1.82, 2.24) is 0 Å². The summed E-state index contributed by atoms with van der Waals surface area (Å²) in [7, 11) is 0. The van der Waals surface area contributed by atoms with Crippen LogP contribution in [0, 0.1) is 0 Å². The summed E-state index contributed by atoms with van der Waals surface area (Å²) in [5, 5.41) is 0. The van der Waals surface area contributed by atoms with E-state index in [-0.39, 0.29) is 47.9 Å². The average Bonchev–Trinajstić information content (AvgIpc) is 0. The summed E-state index contributed by atoms with van der Waals surface area (Å²) < 4.78 is 0. The normalized spacial score (nSPS) is 0. The minimum absolute atomic E-state index is 0. The Bertz CT molecular complexity index is 8.00. The summed E-state index contributed by atoms with van der Waals surface area (Å²) in [5.41, 5.74) is 0. The summed E-state index contributed by atoms with van der Waals surface area (Å²) in [6.45, 7) is 0. The molecule has 0 fully saturated rings. The molecule has 0 aromatic carbocycles. The Labute approximate surface area is 48.2 Å². The SMILES string of the molecule is C.[B].[SiH4].[W]. The van der Waals surface area contributed by atoms with E-state index in [4.69, 9.17) is 0 Å². The molecule has 0 aliphatic heterocycles. The van der Waals surface area contributed by atoms with E-state index in [0.717, 1.165) is 0 Å². The fourth-order valence-corrected chi connectivity index (χ4v) is 0. The summed E-state index contributed by atoms with van der Waals surface area (Å²) in [6.07, 6.45) is 0. The van der Waals surface area contributed by atoms with Gasteiger partial charge in [-0.15, -0.1) is 0 Å². The smallest absolute Gasteiger partial charge is 0 e. The van der Waals surface area contributed by atoms with Gasteiger partial charge in [-0.2, -0.15) is 0 Å². The molecule has 0 nitrogen and oxygen atoms in total. The third-order valence-corrected chi connectivity index (χ3v) is 0. The zero-order valence-electron chi connectivity index (χ0n) is 0.986. The van der Waals surface area contributed by atoms with Crippen molar-refractivity contribution in [2.75, 3.05) is 0 Å². The Morgan fingerprint density at radius 2 is 1.00 bits per heavy atom. The molecular formula is CH8BSiW. The van der Waals surface area contributed by atoms with Gasteiger partial charge in [-0.25, -0.2) is 0 Å². The molecule has 0 heterocycles. The van der Waals surface area contributed by atoms with Crippen LogP contribution in [-0.2, 0) is 21.1 Å². The largest absolute Gasteiger partial charge is 0.0776 e. The fourth-order valence-electron chi connectivity index (χ4n) is 0. The fraction of sp³-hybridized carbons (Fsp3) is 1.00. The van der Waals surface area contributed by atoms with Crippen molar-refractivity contribution >= 4 is 19.4 Å². The first kappa shape index (κ1) is 83.2. The van der Waals surface area contributed by atoms with Crippen LogP contribution < -0.4 is 0 Å². The summed E-state index contributed by atoms with van der Waals surface area (Å²) in [6, 6.07) is 0. The van der Waals surface area contributed by atoms with Crippen LogP contribution in [0.3, 0.4) is 0 Å². The first-order chi connectivity index (χ1) is 0. The van der Waals surface area contributed by atoms with Crippen molar-refractivity contribution < 1.29 is 21.1 Å². The van der Waals surface area contributed by atoms with E-state index in [2.05, 4.69) is 0 Å². The quantitative estimate of drug-likeness (QED) is 0.469. The molecule has 0 saturated heterocycles. The zero-order valence-corrected chi connectivity index (χ0v) is 3.92. The van der Waals surface area contributed by atoms with Crippen molar-refractivity contribution in [3.05, 3.63) is 0 Å². The molecular weight excluding hydrogens is 235 g/mol. The monoisotopic (exact) mass is 243 g/mol. The van der Waals surface area contributed by atoms with E-state index >= 15 is 0 Å². The van der Waals surface area contributed by atoms with Gasteiger partial charge in [0.05, 0.1) is 0 Å². The van der Waals surface area contributed by atoms with Crippen LogP contribution in [0.4, 0.5) is 0 Å². The minimum Gasteiger partial charge on any atom is -0.0776 e. The molecule has 0 spiro atoms. The van der Waals surface area contributed by atoms with Crippen molar-refractivity contribution in [3.8, 4) is 0 Å². The standard InChI is InChI=1S/CH4.B.H4Si.W/h1H4;;1H4;. The molecule has 0 aromatic rings. The molecule has 25 valence electrons. The van der Waals surface area contributed by atoms with Crippen molar-refractivity contribution in [1.29, 1.82) is 0 Å². The maximum absolute atomic E-state index is 0. The molecule has 0 saturated carbocycles. The van der Waals surface area contributed by atoms with Crippen LogP contribution in [-0.4, -0.2) is 19.4 Å². The molecule has 3 radical (unpaired) electrons. The average molecular weight is 243 g/mol. The summed E-state index contributed by atoms with van der Waals surface area (Å²) in [4.78, 5) is 0. The predicted molar refractivity (Wildman–Crippen MR) is 23.8 cm³/mol. The van der Waals surface area contributed by atoms with Crippen LogP contribution in [0.25, 0.3) is 0 Å². The van der Waals surface area contributed by atoms with Gasteiger partial charge < -0.3 is 0 Å². The second-order valence-corrected chi connectivity index (χ2v) is 0. The minimum atomic E-state index is 0. The van der Waals surface area contributed by atoms with Crippen molar-refractivity contribution in [2.24, 2.45) is 0 Å². The third kappa shape index (κ3) is 12.2. The second kappa shape index (κ2) is 37.2. The van der Waals surface area contributed by atoms with Crippen LogP contribution in [0.15, 0.2) is 0 Å². The Morgan fingerprint density at radius 1 is 1.00 bits per heavy atom. The first-order valence-corrected chi connectivity index (χ1v) is 0. The van der Waals surface area contributed by atoms with Gasteiger partial charge in [0, 0.05) is 29.5 Å². The van der Waals surface area contributed by atoms with E-state index in [0.29, 0.717) is 0 Å². The molecule has 0 rings (SSSR count). The summed E-state index contributed by atoms with van der Waals surface area (Å²) in [5.74, 6) is 0. The molecule has 0 amide bonds. The van der Waals surface area contributed by atoms with Crippen molar-refractivity contribution in [3.63, 3.8) is 0 Å². The number of hydrogen-bond acceptors (Lipinski definition) is 0. The van der Waals surface area contributed by atoms with Gasteiger partial charge >= 0.3 is 0 Å². The number of hydrogen-bond donors (Lipinski definition) is 0. The topological polar surface area (TPSA) is 0 Å². The van der Waals surface area contributed by atoms with E-state index in [9.17, 15) is 0 Å². The maximum Gasteiger partial charge on any atom is 0 e. The van der Waals surface area contributed by atoms with Crippen LogP contribution in [0.2, 0.25) is 0 Å². The Balaban J connectivity index is 0. The van der Waals surface area contributed by atoms with E-state index in [1.54, 1.807) is 0 Å². The summed E-state index contributed by atoms with van der Waals surface area (Å²) >= 11 is 0. The Morgan fingerprint density at radius 3 is 1.00 bits per heavy atom. The van der Waals surface area contributed by atoms with Crippen molar-refractivity contribution in [2.45, 2.75) is 7.43 Å². The van der Waals surface area contributed by atoms with E-state index < -0.39 is 0 Å². The molecule has 4 heavy (non-hydrogen) atoms. The van der Waals surface area contributed by atoms with Gasteiger partial charge in [-0.3, -0.25) is 0 Å². The molecule has 0 N–H and O–H groups in total. The Hall–Kier alpha value is 0.970. The van der Waals surface area contributed by atoms with Gasteiger partial charge in [0.2, 0.25) is 0 Å². The third-order valence-electron chi connectivity index (χ3n) is 0. The molecule has 0 aliphatic carbocycles. The van der Waals surface area contributed by atoms with Gasteiger partial charge in [-0.1, -0.05) is 7.43 Å². The van der Waals surface area contributed by atoms with Crippen LogP contribution in [0.1, 0.15) is 7.43 Å². The molecule has 0 bridgehead atoms. The Kier molecular flexibility index (Phi) is 774. The molecule has 0 atom stereocenters. The molecule has 0 aliphatic rings. The van der Waals surface area contributed by atoms with E-state index in [1.807, 2.05) is 0 Å². The van der Waals surface area contributed by atoms with Crippen LogP contribution >= 0.6 is 0 Å². The van der Waals surface area contributed by atoms with Gasteiger partial charge in [0.25, 0.3) is 0 Å². The molecule has 3 heteroatoms. The predicted octanol–water partition coefficient (Wildman–Crippen LogP) is -1.20. The molecule has 0 aromatic heterocycles. The van der Waals surface area contributed by atoms with E-state index in [1.165, 1.54) is 0 Å². The molecule has 0 unspecified atom stereocenters. The van der Waals surface area contributed by atoms with Gasteiger partial charge in [-0.05, 0) is 11.0 Å². The zero-order chi connectivity index (χ0) is 0. The maximum atomic E-state index is 0. The number of rotatable bonds is 0. The second-order valence-electron chi connectivity index (χ2n) is 0.